The second-order valence-corrected chi connectivity index (χ2v) is 6.79. The second kappa shape index (κ2) is 7.05. The quantitative estimate of drug-likeness (QED) is 0.603. The molecule has 0 aromatic rings. The minimum Gasteiger partial charge on any atom is -0.394 e. The molecule has 0 heterocycles. The minimum absolute atomic E-state index is 0.0508. The van der Waals surface area contributed by atoms with E-state index in [0.717, 1.165) is 24.7 Å². The van der Waals surface area contributed by atoms with E-state index in [-0.39, 0.29) is 12.1 Å². The van der Waals surface area contributed by atoms with Gasteiger partial charge in [-0.05, 0) is 70.4 Å². The molecule has 2 aliphatic carbocycles. The summed E-state index contributed by atoms with van der Waals surface area (Å²) in [4.78, 5) is 2.70. The molecule has 2 N–H and O–H groups in total. The van der Waals surface area contributed by atoms with Crippen LogP contribution in [0.4, 0.5) is 0 Å². The third-order valence-electron chi connectivity index (χ3n) is 5.07. The molecule has 0 bridgehead atoms. The van der Waals surface area contributed by atoms with Crippen LogP contribution in [-0.4, -0.2) is 48.8 Å². The van der Waals surface area contributed by atoms with Gasteiger partial charge in [-0.25, -0.2) is 0 Å². The van der Waals surface area contributed by atoms with Crippen molar-refractivity contribution in [1.82, 2.24) is 10.2 Å². The topological polar surface area (TPSA) is 35.5 Å². The number of likely N-dealkylation sites (N-methyl/N-ethyl adjacent to an activating group) is 1. The first kappa shape index (κ1) is 15.3. The Labute approximate surface area is 118 Å². The van der Waals surface area contributed by atoms with Crippen molar-refractivity contribution in [1.29, 1.82) is 0 Å². The van der Waals surface area contributed by atoms with Gasteiger partial charge in [0.05, 0.1) is 6.61 Å². The zero-order valence-corrected chi connectivity index (χ0v) is 12.8. The van der Waals surface area contributed by atoms with Gasteiger partial charge < -0.3 is 15.3 Å². The van der Waals surface area contributed by atoms with Crippen LogP contribution in [-0.2, 0) is 0 Å². The van der Waals surface area contributed by atoms with Crippen LogP contribution in [0.1, 0.15) is 51.9 Å². The number of rotatable bonds is 11. The van der Waals surface area contributed by atoms with Crippen molar-refractivity contribution in [3.8, 4) is 0 Å². The van der Waals surface area contributed by atoms with Gasteiger partial charge in [0.2, 0.25) is 0 Å². The number of nitrogens with one attached hydrogen (secondary N) is 1. The van der Waals surface area contributed by atoms with Crippen molar-refractivity contribution in [3.63, 3.8) is 0 Å². The molecular formula is C16H32N2O. The fraction of sp³-hybridized carbons (Fsp3) is 1.00. The smallest absolute Gasteiger partial charge is 0.0613 e. The Morgan fingerprint density at radius 1 is 1.16 bits per heavy atom. The summed E-state index contributed by atoms with van der Waals surface area (Å²) in [6.45, 7) is 6.29. The predicted molar refractivity (Wildman–Crippen MR) is 80.3 cm³/mol. The summed E-state index contributed by atoms with van der Waals surface area (Å²) < 4.78 is 0. The number of aliphatic hydroxyl groups excluding tert-OH is 1. The average Bonchev–Trinajstić information content (AvgIpc) is 3.31. The zero-order chi connectivity index (χ0) is 13.7. The van der Waals surface area contributed by atoms with Gasteiger partial charge in [-0.3, -0.25) is 0 Å². The van der Waals surface area contributed by atoms with Crippen LogP contribution in [0.15, 0.2) is 0 Å². The maximum atomic E-state index is 9.58. The molecule has 3 nitrogen and oxygen atoms in total. The third kappa shape index (κ3) is 5.05. The molecule has 0 aromatic heterocycles. The molecule has 0 saturated heterocycles. The first-order valence-corrected chi connectivity index (χ1v) is 8.23. The predicted octanol–water partition coefficient (Wildman–Crippen LogP) is 2.25. The maximum absolute atomic E-state index is 9.58. The van der Waals surface area contributed by atoms with E-state index in [1.165, 1.54) is 51.7 Å². The fourth-order valence-electron chi connectivity index (χ4n) is 2.98. The lowest BCUT2D eigenvalue weighted by Crippen LogP contribution is -2.46. The highest BCUT2D eigenvalue weighted by Crippen LogP contribution is 2.34. The molecular weight excluding hydrogens is 236 g/mol. The van der Waals surface area contributed by atoms with Crippen LogP contribution in [0.25, 0.3) is 0 Å². The van der Waals surface area contributed by atoms with Gasteiger partial charge in [0.15, 0.2) is 0 Å². The lowest BCUT2D eigenvalue weighted by molar-refractivity contribution is 0.144. The largest absolute Gasteiger partial charge is 0.394 e. The molecule has 1 atom stereocenters. The van der Waals surface area contributed by atoms with E-state index in [1.54, 1.807) is 0 Å². The van der Waals surface area contributed by atoms with Crippen molar-refractivity contribution in [2.45, 2.75) is 57.4 Å². The van der Waals surface area contributed by atoms with Gasteiger partial charge in [0.1, 0.15) is 0 Å². The molecule has 0 aromatic carbocycles. The van der Waals surface area contributed by atoms with E-state index in [9.17, 15) is 5.11 Å². The Morgan fingerprint density at radius 2 is 1.74 bits per heavy atom. The lowest BCUT2D eigenvalue weighted by atomic mass is 9.91. The fourth-order valence-corrected chi connectivity index (χ4v) is 2.98. The van der Waals surface area contributed by atoms with Gasteiger partial charge in [0.25, 0.3) is 0 Å². The van der Waals surface area contributed by atoms with E-state index < -0.39 is 0 Å². The first-order chi connectivity index (χ1) is 9.21. The molecule has 2 rings (SSSR count). The molecule has 0 radical (unpaired) electrons. The second-order valence-electron chi connectivity index (χ2n) is 6.79. The van der Waals surface area contributed by atoms with E-state index in [0.29, 0.717) is 0 Å². The van der Waals surface area contributed by atoms with Crippen molar-refractivity contribution in [2.24, 2.45) is 11.8 Å². The van der Waals surface area contributed by atoms with Crippen LogP contribution in [0.5, 0.6) is 0 Å². The first-order valence-electron chi connectivity index (χ1n) is 8.23. The van der Waals surface area contributed by atoms with E-state index >= 15 is 0 Å². The Hall–Kier alpha value is -0.120. The molecule has 1 unspecified atom stereocenters. The minimum atomic E-state index is -0.0508. The van der Waals surface area contributed by atoms with Crippen LogP contribution in [0.2, 0.25) is 0 Å². The van der Waals surface area contributed by atoms with Gasteiger partial charge in [-0.2, -0.15) is 0 Å². The van der Waals surface area contributed by atoms with Crippen LogP contribution >= 0.6 is 0 Å². The molecule has 2 fully saturated rings. The number of aliphatic hydroxyl groups is 1. The van der Waals surface area contributed by atoms with E-state index in [2.05, 4.69) is 17.1 Å². The molecule has 3 heteroatoms. The van der Waals surface area contributed by atoms with E-state index in [4.69, 9.17) is 0 Å². The monoisotopic (exact) mass is 268 g/mol. The molecule has 0 aliphatic heterocycles. The highest BCUT2D eigenvalue weighted by atomic mass is 16.3. The highest BCUT2D eigenvalue weighted by molar-refractivity contribution is 4.86. The van der Waals surface area contributed by atoms with Crippen molar-refractivity contribution in [2.75, 3.05) is 33.3 Å². The highest BCUT2D eigenvalue weighted by Gasteiger charge is 2.30. The number of nitrogens with zero attached hydrogens (tertiary/aromatic N) is 1. The summed E-state index contributed by atoms with van der Waals surface area (Å²) in [6.07, 6.45) is 9.10. The summed E-state index contributed by atoms with van der Waals surface area (Å²) in [5.41, 5.74) is -0.0508. The van der Waals surface area contributed by atoms with Crippen molar-refractivity contribution >= 4 is 0 Å². The summed E-state index contributed by atoms with van der Waals surface area (Å²) >= 11 is 0. The van der Waals surface area contributed by atoms with Crippen LogP contribution < -0.4 is 5.32 Å². The van der Waals surface area contributed by atoms with Crippen molar-refractivity contribution < 1.29 is 5.11 Å². The van der Waals surface area contributed by atoms with Gasteiger partial charge in [-0.15, -0.1) is 0 Å². The van der Waals surface area contributed by atoms with Crippen LogP contribution in [0.3, 0.4) is 0 Å². The lowest BCUT2D eigenvalue weighted by Gasteiger charge is -2.31. The maximum Gasteiger partial charge on any atom is 0.0613 e. The van der Waals surface area contributed by atoms with E-state index in [1.807, 2.05) is 7.05 Å². The van der Waals surface area contributed by atoms with Crippen molar-refractivity contribution in [3.05, 3.63) is 0 Å². The normalized spacial score (nSPS) is 22.7. The molecule has 0 spiro atoms. The average molecular weight is 268 g/mol. The summed E-state index contributed by atoms with van der Waals surface area (Å²) in [5, 5.41) is 12.9. The Morgan fingerprint density at radius 3 is 2.11 bits per heavy atom. The molecule has 2 aliphatic rings. The molecule has 112 valence electrons. The summed E-state index contributed by atoms with van der Waals surface area (Å²) in [5.74, 6) is 1.99. The van der Waals surface area contributed by atoms with Gasteiger partial charge in [0, 0.05) is 18.6 Å². The number of hydrogen-bond acceptors (Lipinski definition) is 3. The standard InChI is InChI=1S/C16H32N2O/c1-3-16(13-19,17-2)9-4-10-18(11-14-5-6-14)12-15-7-8-15/h14-15,17,19H,3-13H2,1-2H3. The van der Waals surface area contributed by atoms with Crippen LogP contribution in [0, 0.1) is 11.8 Å². The Kier molecular flexibility index (Phi) is 5.67. The van der Waals surface area contributed by atoms with Gasteiger partial charge >= 0.3 is 0 Å². The Bertz CT molecular complexity index is 235. The third-order valence-corrected chi connectivity index (χ3v) is 5.07. The Balaban J connectivity index is 1.70. The summed E-state index contributed by atoms with van der Waals surface area (Å²) in [6, 6.07) is 0. The number of hydrogen-bond donors (Lipinski definition) is 2. The SMILES string of the molecule is CCC(CO)(CCCN(CC1CC1)CC1CC1)NC. The zero-order valence-electron chi connectivity index (χ0n) is 12.8. The molecule has 2 saturated carbocycles. The molecule has 0 amide bonds. The van der Waals surface area contributed by atoms with Gasteiger partial charge in [-0.1, -0.05) is 6.92 Å². The molecule has 19 heavy (non-hydrogen) atoms. The summed E-state index contributed by atoms with van der Waals surface area (Å²) in [7, 11) is 1.98.